The van der Waals surface area contributed by atoms with Gasteiger partial charge in [-0.3, -0.25) is 9.88 Å². The SMILES string of the molecule is CCN1CCN(C2CCN(c3c(C)c(C)nc4ccc(Br)cc34)C2)CC1. The Morgan fingerprint density at radius 2 is 1.88 bits per heavy atom. The van der Waals surface area contributed by atoms with E-state index in [2.05, 4.69) is 69.6 Å². The molecule has 1 unspecified atom stereocenters. The van der Waals surface area contributed by atoms with Crippen LogP contribution in [0, 0.1) is 13.8 Å². The van der Waals surface area contributed by atoms with E-state index in [-0.39, 0.29) is 0 Å². The van der Waals surface area contributed by atoms with Gasteiger partial charge >= 0.3 is 0 Å². The first kappa shape index (κ1) is 18.2. The summed E-state index contributed by atoms with van der Waals surface area (Å²) in [5, 5.41) is 1.28. The molecule has 2 fully saturated rings. The Hall–Kier alpha value is -1.17. The minimum atomic E-state index is 0.684. The zero-order chi connectivity index (χ0) is 18.3. The minimum Gasteiger partial charge on any atom is -0.369 e. The Morgan fingerprint density at radius 3 is 2.62 bits per heavy atom. The van der Waals surface area contributed by atoms with Gasteiger partial charge in [0.2, 0.25) is 0 Å². The average Bonchev–Trinajstić information content (AvgIpc) is 3.13. The molecule has 1 aromatic carbocycles. The lowest BCUT2D eigenvalue weighted by Gasteiger charge is -2.37. The van der Waals surface area contributed by atoms with Crippen molar-refractivity contribution in [3.63, 3.8) is 0 Å². The highest BCUT2D eigenvalue weighted by Gasteiger charge is 2.31. The molecule has 26 heavy (non-hydrogen) atoms. The molecule has 2 aliphatic rings. The zero-order valence-corrected chi connectivity index (χ0v) is 17.7. The molecular formula is C21H29BrN4. The number of nitrogens with zero attached hydrogens (tertiary/aromatic N) is 4. The maximum Gasteiger partial charge on any atom is 0.0727 e. The number of anilines is 1. The maximum atomic E-state index is 4.81. The molecule has 0 bridgehead atoms. The van der Waals surface area contributed by atoms with Gasteiger partial charge in [-0.1, -0.05) is 22.9 Å². The second-order valence-electron chi connectivity index (χ2n) is 7.69. The van der Waals surface area contributed by atoms with Crippen LogP contribution in [0.3, 0.4) is 0 Å². The summed E-state index contributed by atoms with van der Waals surface area (Å²) in [6, 6.07) is 7.14. The third kappa shape index (κ3) is 3.37. The van der Waals surface area contributed by atoms with Crippen LogP contribution in [-0.2, 0) is 0 Å². The fourth-order valence-electron chi connectivity index (χ4n) is 4.53. The fourth-order valence-corrected chi connectivity index (χ4v) is 4.89. The van der Waals surface area contributed by atoms with E-state index in [0.29, 0.717) is 6.04 Å². The van der Waals surface area contributed by atoms with Gasteiger partial charge in [0, 0.05) is 60.9 Å². The molecule has 1 aromatic heterocycles. The molecule has 3 heterocycles. The van der Waals surface area contributed by atoms with E-state index in [1.807, 2.05) is 0 Å². The number of rotatable bonds is 3. The fraction of sp³-hybridized carbons (Fsp3) is 0.571. The molecule has 4 rings (SSSR count). The van der Waals surface area contributed by atoms with Crippen molar-refractivity contribution in [2.24, 2.45) is 0 Å². The van der Waals surface area contributed by atoms with E-state index in [0.717, 1.165) is 28.8 Å². The molecule has 2 aliphatic heterocycles. The van der Waals surface area contributed by atoms with Crippen LogP contribution >= 0.6 is 15.9 Å². The van der Waals surface area contributed by atoms with Gasteiger partial charge in [-0.05, 0) is 50.6 Å². The van der Waals surface area contributed by atoms with Crippen LogP contribution in [0.2, 0.25) is 0 Å². The van der Waals surface area contributed by atoms with Crippen molar-refractivity contribution in [2.45, 2.75) is 33.2 Å². The molecule has 0 spiro atoms. The third-order valence-corrected chi connectivity index (χ3v) is 6.74. The van der Waals surface area contributed by atoms with Crippen LogP contribution in [0.1, 0.15) is 24.6 Å². The Morgan fingerprint density at radius 1 is 1.12 bits per heavy atom. The average molecular weight is 417 g/mol. The van der Waals surface area contributed by atoms with Gasteiger partial charge in [-0.15, -0.1) is 0 Å². The number of hydrogen-bond donors (Lipinski definition) is 0. The van der Waals surface area contributed by atoms with Crippen LogP contribution in [0.4, 0.5) is 5.69 Å². The normalized spacial score (nSPS) is 22.5. The molecule has 1 atom stereocenters. The summed E-state index contributed by atoms with van der Waals surface area (Å²) in [5.41, 5.74) is 4.97. The maximum absolute atomic E-state index is 4.81. The van der Waals surface area contributed by atoms with Gasteiger partial charge < -0.3 is 9.80 Å². The second kappa shape index (κ2) is 7.45. The lowest BCUT2D eigenvalue weighted by Crippen LogP contribution is -2.50. The smallest absolute Gasteiger partial charge is 0.0727 e. The first-order valence-electron chi connectivity index (χ1n) is 9.84. The van der Waals surface area contributed by atoms with Crippen molar-refractivity contribution in [3.8, 4) is 0 Å². The van der Waals surface area contributed by atoms with Gasteiger partial charge in [-0.25, -0.2) is 0 Å². The summed E-state index contributed by atoms with van der Waals surface area (Å²) in [6.07, 6.45) is 1.27. The molecule has 2 aromatic rings. The first-order valence-corrected chi connectivity index (χ1v) is 10.6. The highest BCUT2D eigenvalue weighted by molar-refractivity contribution is 9.10. The highest BCUT2D eigenvalue weighted by Crippen LogP contribution is 2.35. The summed E-state index contributed by atoms with van der Waals surface area (Å²) >= 11 is 3.65. The van der Waals surface area contributed by atoms with Crippen molar-refractivity contribution in [1.82, 2.24) is 14.8 Å². The second-order valence-corrected chi connectivity index (χ2v) is 8.61. The van der Waals surface area contributed by atoms with Crippen LogP contribution in [0.15, 0.2) is 22.7 Å². The number of likely N-dealkylation sites (N-methyl/N-ethyl adjacent to an activating group) is 1. The van der Waals surface area contributed by atoms with Gasteiger partial charge in [0.25, 0.3) is 0 Å². The molecule has 0 radical (unpaired) electrons. The molecule has 5 heteroatoms. The lowest BCUT2D eigenvalue weighted by molar-refractivity contribution is 0.107. The molecule has 4 nitrogen and oxygen atoms in total. The molecule has 0 N–H and O–H groups in total. The van der Waals surface area contributed by atoms with E-state index in [4.69, 9.17) is 4.98 Å². The number of fused-ring (bicyclic) bond motifs is 1. The van der Waals surface area contributed by atoms with Crippen molar-refractivity contribution in [2.75, 3.05) is 50.7 Å². The summed E-state index contributed by atoms with van der Waals surface area (Å²) in [6.45, 7) is 15.0. The van der Waals surface area contributed by atoms with E-state index >= 15 is 0 Å². The third-order valence-electron chi connectivity index (χ3n) is 6.25. The summed E-state index contributed by atoms with van der Waals surface area (Å²) in [7, 11) is 0. The Kier molecular flexibility index (Phi) is 5.22. The minimum absolute atomic E-state index is 0.684. The standard InChI is InChI=1S/C21H29BrN4/c1-4-24-9-11-25(12-10-24)18-7-8-26(14-18)21-15(2)16(3)23-20-6-5-17(22)13-19(20)21/h5-6,13,18H,4,7-12,14H2,1-3H3. The molecule has 0 aliphatic carbocycles. The van der Waals surface area contributed by atoms with Crippen LogP contribution in [-0.4, -0.2) is 66.6 Å². The van der Waals surface area contributed by atoms with Gasteiger partial charge in [-0.2, -0.15) is 0 Å². The Balaban J connectivity index is 1.59. The first-order chi connectivity index (χ1) is 12.6. The van der Waals surface area contributed by atoms with E-state index < -0.39 is 0 Å². The monoisotopic (exact) mass is 416 g/mol. The molecule has 0 saturated carbocycles. The van der Waals surface area contributed by atoms with Crippen molar-refractivity contribution < 1.29 is 0 Å². The molecule has 2 saturated heterocycles. The van der Waals surface area contributed by atoms with Crippen molar-refractivity contribution in [1.29, 1.82) is 0 Å². The Bertz CT molecular complexity index is 798. The largest absolute Gasteiger partial charge is 0.369 e. The predicted octanol–water partition coefficient (Wildman–Crippen LogP) is 3.83. The number of benzene rings is 1. The van der Waals surface area contributed by atoms with Gasteiger partial charge in [0.15, 0.2) is 0 Å². The topological polar surface area (TPSA) is 22.6 Å². The summed E-state index contributed by atoms with van der Waals surface area (Å²) < 4.78 is 1.13. The zero-order valence-electron chi connectivity index (χ0n) is 16.1. The van der Waals surface area contributed by atoms with Gasteiger partial charge in [0.05, 0.1) is 11.2 Å². The highest BCUT2D eigenvalue weighted by atomic mass is 79.9. The predicted molar refractivity (Wildman–Crippen MR) is 113 cm³/mol. The van der Waals surface area contributed by atoms with Crippen molar-refractivity contribution in [3.05, 3.63) is 33.9 Å². The molecule has 140 valence electrons. The number of hydrogen-bond acceptors (Lipinski definition) is 4. The Labute approximate surface area is 165 Å². The van der Waals surface area contributed by atoms with Crippen molar-refractivity contribution >= 4 is 32.5 Å². The quantitative estimate of drug-likeness (QED) is 0.757. The van der Waals surface area contributed by atoms with Crippen LogP contribution < -0.4 is 4.90 Å². The molecular weight excluding hydrogens is 388 g/mol. The van der Waals surface area contributed by atoms with E-state index in [9.17, 15) is 0 Å². The van der Waals surface area contributed by atoms with Crippen LogP contribution in [0.5, 0.6) is 0 Å². The number of aryl methyl sites for hydroxylation is 1. The number of piperazine rings is 1. The number of pyridine rings is 1. The number of aromatic nitrogens is 1. The van der Waals surface area contributed by atoms with E-state index in [1.165, 1.54) is 55.8 Å². The van der Waals surface area contributed by atoms with E-state index in [1.54, 1.807) is 0 Å². The summed E-state index contributed by atoms with van der Waals surface area (Å²) in [5.74, 6) is 0. The summed E-state index contributed by atoms with van der Waals surface area (Å²) in [4.78, 5) is 12.7. The van der Waals surface area contributed by atoms with Gasteiger partial charge in [0.1, 0.15) is 0 Å². The van der Waals surface area contributed by atoms with Crippen LogP contribution in [0.25, 0.3) is 10.9 Å². The number of halogens is 1. The molecule has 0 amide bonds. The lowest BCUT2D eigenvalue weighted by atomic mass is 10.1.